The number of aliphatic hydroxyl groups is 6. The molecule has 0 aromatic carbocycles. The quantitative estimate of drug-likeness (QED) is 0.137. The Balaban J connectivity index is 1.14. The summed E-state index contributed by atoms with van der Waals surface area (Å²) in [6, 6.07) is 0. The van der Waals surface area contributed by atoms with Gasteiger partial charge in [-0.2, -0.15) is 0 Å². The molecule has 14 heteroatoms. The van der Waals surface area contributed by atoms with Crippen molar-refractivity contribution in [2.24, 2.45) is 56.7 Å². The minimum Gasteiger partial charge on any atom is -0.481 e. The fraction of sp³-hybridized carbons (Fsp3) is 0.905. The SMILES string of the molecule is C[C@@H]1[C@H]2C3=CC[C@H]4[C@@]5(C)CC[C@@H](O[C@H]6O[C@H](C)[C@H](O)[C@@H](O[C@H]7O[C@@H](CO)[C@H](O)[C@@H](O)[C@H]7O)[C@@H]6O)C(C)(C)[C@@H]5CC[C@@]4(C)[C@]3(C(=O)O)CC[C@@]2(C(=O)O)CC[C@@H]1C. The van der Waals surface area contributed by atoms with E-state index in [2.05, 4.69) is 47.6 Å². The Bertz CT molecular complexity index is 1550. The van der Waals surface area contributed by atoms with Crippen LogP contribution in [0, 0.1) is 56.7 Å². The number of aliphatic carboxylic acids is 2. The van der Waals surface area contributed by atoms with Gasteiger partial charge in [-0.15, -0.1) is 0 Å². The molecule has 5 aliphatic carbocycles. The molecule has 0 bridgehead atoms. The molecule has 56 heavy (non-hydrogen) atoms. The maximum absolute atomic E-state index is 14.0. The summed E-state index contributed by atoms with van der Waals surface area (Å²) in [6.07, 6.45) is -7.03. The van der Waals surface area contributed by atoms with Crippen molar-refractivity contribution in [1.29, 1.82) is 0 Å². The zero-order chi connectivity index (χ0) is 41.1. The summed E-state index contributed by atoms with van der Waals surface area (Å²) in [5.41, 5.74) is -2.61. The highest BCUT2D eigenvalue weighted by atomic mass is 16.7. The van der Waals surface area contributed by atoms with E-state index in [1.807, 2.05) is 0 Å². The number of carboxylic acid groups (broad SMARTS) is 2. The van der Waals surface area contributed by atoms with Gasteiger partial charge in [-0.25, -0.2) is 0 Å². The first-order valence-electron chi connectivity index (χ1n) is 20.9. The smallest absolute Gasteiger partial charge is 0.314 e. The van der Waals surface area contributed by atoms with E-state index in [1.54, 1.807) is 6.92 Å². The van der Waals surface area contributed by atoms with E-state index in [9.17, 15) is 50.4 Å². The van der Waals surface area contributed by atoms with Gasteiger partial charge >= 0.3 is 11.9 Å². The molecule has 0 radical (unpaired) electrons. The summed E-state index contributed by atoms with van der Waals surface area (Å²) >= 11 is 0. The topological polar surface area (TPSA) is 233 Å². The lowest BCUT2D eigenvalue weighted by molar-refractivity contribution is -0.366. The number of allylic oxidation sites excluding steroid dienone is 1. The van der Waals surface area contributed by atoms with Crippen molar-refractivity contribution in [1.82, 2.24) is 0 Å². The molecule has 0 unspecified atom stereocenters. The number of fused-ring (bicyclic) bond motifs is 7. The summed E-state index contributed by atoms with van der Waals surface area (Å²) < 4.78 is 24.1. The van der Waals surface area contributed by atoms with Crippen LogP contribution in [-0.2, 0) is 28.5 Å². The molecule has 7 rings (SSSR count). The molecule has 14 nitrogen and oxygen atoms in total. The van der Waals surface area contributed by atoms with Gasteiger partial charge in [0.25, 0.3) is 0 Å². The van der Waals surface area contributed by atoms with E-state index in [0.717, 1.165) is 24.8 Å². The number of hydrogen-bond donors (Lipinski definition) is 8. The van der Waals surface area contributed by atoms with Crippen molar-refractivity contribution in [3.8, 4) is 0 Å². The van der Waals surface area contributed by atoms with Crippen LogP contribution in [0.4, 0.5) is 0 Å². The highest BCUT2D eigenvalue weighted by molar-refractivity contribution is 5.84. The molecule has 4 saturated carbocycles. The van der Waals surface area contributed by atoms with Gasteiger partial charge in [0.1, 0.15) is 42.7 Å². The third-order valence-corrected chi connectivity index (χ3v) is 17.4. The molecule has 7 aliphatic rings. The van der Waals surface area contributed by atoms with Crippen molar-refractivity contribution in [2.75, 3.05) is 6.61 Å². The minimum atomic E-state index is -1.73. The van der Waals surface area contributed by atoms with Crippen LogP contribution in [0.1, 0.15) is 106 Å². The molecule has 6 fully saturated rings. The zero-order valence-electron chi connectivity index (χ0n) is 33.9. The summed E-state index contributed by atoms with van der Waals surface area (Å²) in [6.45, 7) is 14.0. The molecule has 2 saturated heterocycles. The summed E-state index contributed by atoms with van der Waals surface area (Å²) in [5, 5.41) is 85.6. The fourth-order valence-electron chi connectivity index (χ4n) is 14.0. The average Bonchev–Trinajstić information content (AvgIpc) is 3.14. The molecule has 0 aromatic rings. The maximum Gasteiger partial charge on any atom is 0.314 e. The Kier molecular flexibility index (Phi) is 11.0. The van der Waals surface area contributed by atoms with Crippen molar-refractivity contribution in [3.63, 3.8) is 0 Å². The number of hydrogen-bond acceptors (Lipinski definition) is 12. The van der Waals surface area contributed by atoms with Gasteiger partial charge in [0, 0.05) is 0 Å². The second-order valence-corrected chi connectivity index (χ2v) is 20.0. The monoisotopic (exact) mass is 794 g/mol. The molecule has 0 spiro atoms. The third-order valence-electron chi connectivity index (χ3n) is 17.4. The van der Waals surface area contributed by atoms with Crippen molar-refractivity contribution >= 4 is 11.9 Å². The number of carbonyl (C=O) groups is 2. The lowest BCUT2D eigenvalue weighted by atomic mass is 9.33. The van der Waals surface area contributed by atoms with Gasteiger partial charge in [0.05, 0.1) is 29.6 Å². The molecule has 2 heterocycles. The number of ether oxygens (including phenoxy) is 4. The van der Waals surface area contributed by atoms with Gasteiger partial charge in [-0.05, 0) is 111 Å². The molecule has 318 valence electrons. The first-order valence-corrected chi connectivity index (χ1v) is 20.9. The second-order valence-electron chi connectivity index (χ2n) is 20.0. The van der Waals surface area contributed by atoms with Crippen LogP contribution in [0.5, 0.6) is 0 Å². The predicted octanol–water partition coefficient (Wildman–Crippen LogP) is 2.83. The van der Waals surface area contributed by atoms with E-state index in [1.165, 1.54) is 0 Å². The largest absolute Gasteiger partial charge is 0.481 e. The van der Waals surface area contributed by atoms with Crippen LogP contribution < -0.4 is 0 Å². The molecule has 2 aliphatic heterocycles. The van der Waals surface area contributed by atoms with Crippen LogP contribution in [-0.4, -0.2) is 127 Å². The van der Waals surface area contributed by atoms with Crippen LogP contribution in [0.15, 0.2) is 11.6 Å². The summed E-state index contributed by atoms with van der Waals surface area (Å²) in [4.78, 5) is 27.1. The van der Waals surface area contributed by atoms with Crippen LogP contribution >= 0.6 is 0 Å². The van der Waals surface area contributed by atoms with Crippen LogP contribution in [0.3, 0.4) is 0 Å². The molecular formula is C42H66O14. The summed E-state index contributed by atoms with van der Waals surface area (Å²) in [7, 11) is 0. The Morgan fingerprint density at radius 1 is 0.750 bits per heavy atom. The summed E-state index contributed by atoms with van der Waals surface area (Å²) in [5.74, 6) is -1.49. The van der Waals surface area contributed by atoms with Gasteiger partial charge in [0.15, 0.2) is 12.6 Å². The Morgan fingerprint density at radius 3 is 2.07 bits per heavy atom. The van der Waals surface area contributed by atoms with Gasteiger partial charge in [0.2, 0.25) is 0 Å². The number of rotatable bonds is 7. The van der Waals surface area contributed by atoms with Crippen LogP contribution in [0.2, 0.25) is 0 Å². The van der Waals surface area contributed by atoms with Crippen molar-refractivity contribution < 1.29 is 69.4 Å². The molecule has 20 atom stereocenters. The van der Waals surface area contributed by atoms with Crippen molar-refractivity contribution in [2.45, 2.75) is 174 Å². The Morgan fingerprint density at radius 2 is 1.43 bits per heavy atom. The van der Waals surface area contributed by atoms with E-state index >= 15 is 0 Å². The predicted molar refractivity (Wildman–Crippen MR) is 198 cm³/mol. The van der Waals surface area contributed by atoms with E-state index in [0.29, 0.717) is 44.4 Å². The maximum atomic E-state index is 14.0. The van der Waals surface area contributed by atoms with Crippen molar-refractivity contribution in [3.05, 3.63) is 11.6 Å². The normalized spacial score (nSPS) is 54.1. The molecule has 0 aromatic heterocycles. The fourth-order valence-corrected chi connectivity index (χ4v) is 14.0. The third kappa shape index (κ3) is 5.85. The first kappa shape index (κ1) is 42.4. The Labute approximate surface area is 329 Å². The highest BCUT2D eigenvalue weighted by Crippen LogP contribution is 2.76. The van der Waals surface area contributed by atoms with Gasteiger partial charge in [-0.3, -0.25) is 9.59 Å². The zero-order valence-corrected chi connectivity index (χ0v) is 33.9. The molecule has 8 N–H and O–H groups in total. The van der Waals surface area contributed by atoms with Gasteiger partial charge in [-0.1, -0.05) is 53.2 Å². The van der Waals surface area contributed by atoms with E-state index < -0.39 is 108 Å². The van der Waals surface area contributed by atoms with E-state index in [4.69, 9.17) is 18.9 Å². The lowest BCUT2D eigenvalue weighted by Gasteiger charge is -2.70. The average molecular weight is 795 g/mol. The molecular weight excluding hydrogens is 728 g/mol. The second kappa shape index (κ2) is 14.5. The standard InChI is InChI=1S/C42H66O14/c1-19-10-15-41(36(49)50)16-17-42(37(51)52)22(27(41)20(19)2)8-9-25-39(6)13-12-26(38(4,5)24(39)11-14-40(25,42)7)55-35-32(48)33(28(44)21(3)53-35)56-34-31(47)30(46)29(45)23(18-43)54-34/h8,19-21,23-35,43-48H,9-18H2,1-7H3,(H,49,50)(H,51,52)/t19-,20-,21+,23-,24-,25-,26+,27-,28-,29-,30+,31+,32-,33+,34+,35+,39-,40+,41-,42+/m0/s1. The minimum absolute atomic E-state index is 0.0190. The number of aliphatic hydroxyl groups excluding tert-OH is 6. The first-order chi connectivity index (χ1) is 26.1. The highest BCUT2D eigenvalue weighted by Gasteiger charge is 2.73. The molecule has 0 amide bonds. The van der Waals surface area contributed by atoms with Gasteiger partial charge < -0.3 is 59.8 Å². The van der Waals surface area contributed by atoms with E-state index in [-0.39, 0.29) is 29.1 Å². The Hall–Kier alpha value is -1.72. The number of carboxylic acids is 2. The lowest BCUT2D eigenvalue weighted by Crippen LogP contribution is -2.68. The van der Waals surface area contributed by atoms with Crippen LogP contribution in [0.25, 0.3) is 0 Å².